The van der Waals surface area contributed by atoms with E-state index < -0.39 is 0 Å². The van der Waals surface area contributed by atoms with Gasteiger partial charge in [0.05, 0.1) is 13.2 Å². The second kappa shape index (κ2) is 13.7. The summed E-state index contributed by atoms with van der Waals surface area (Å²) < 4.78 is 5.75. The van der Waals surface area contributed by atoms with Crippen LogP contribution in [0.25, 0.3) is 0 Å². The molecule has 1 aromatic carbocycles. The number of nitrogens with one attached hydrogen (secondary N) is 1. The average Bonchev–Trinajstić information content (AvgIpc) is 2.60. The summed E-state index contributed by atoms with van der Waals surface area (Å²) in [6.07, 6.45) is 8.33. The summed E-state index contributed by atoms with van der Waals surface area (Å²) in [4.78, 5) is 14.4. The van der Waals surface area contributed by atoms with E-state index in [0.717, 1.165) is 50.4 Å². The molecule has 0 aliphatic carbocycles. The van der Waals surface area contributed by atoms with Crippen LogP contribution in [0.15, 0.2) is 24.3 Å². The lowest BCUT2D eigenvalue weighted by Crippen LogP contribution is -2.34. The van der Waals surface area contributed by atoms with Crippen molar-refractivity contribution in [3.05, 3.63) is 24.3 Å². The minimum Gasteiger partial charge on any atom is -0.494 e. The van der Waals surface area contributed by atoms with Gasteiger partial charge < -0.3 is 10.1 Å². The van der Waals surface area contributed by atoms with Gasteiger partial charge in [-0.15, -0.1) is 0 Å². The number of benzene rings is 1. The first-order valence-electron chi connectivity index (χ1n) is 9.94. The van der Waals surface area contributed by atoms with Gasteiger partial charge in [-0.05, 0) is 56.6 Å². The van der Waals surface area contributed by atoms with E-state index in [-0.39, 0.29) is 5.91 Å². The van der Waals surface area contributed by atoms with E-state index in [0.29, 0.717) is 6.54 Å². The predicted octanol–water partition coefficient (Wildman–Crippen LogP) is 5.10. The van der Waals surface area contributed by atoms with E-state index in [1.54, 1.807) is 0 Å². The Bertz CT molecular complexity index is 453. The van der Waals surface area contributed by atoms with Gasteiger partial charge in [0.2, 0.25) is 5.91 Å². The van der Waals surface area contributed by atoms with E-state index in [9.17, 15) is 4.79 Å². The number of ether oxygens (including phenoxy) is 1. The first-order chi connectivity index (χ1) is 12.2. The molecule has 0 saturated carbocycles. The van der Waals surface area contributed by atoms with E-state index in [4.69, 9.17) is 4.74 Å². The highest BCUT2D eigenvalue weighted by Gasteiger charge is 2.09. The predicted molar refractivity (Wildman–Crippen MR) is 106 cm³/mol. The summed E-state index contributed by atoms with van der Waals surface area (Å²) in [5.41, 5.74) is 0.827. The number of hydrogen-bond donors (Lipinski definition) is 1. The summed E-state index contributed by atoms with van der Waals surface area (Å²) in [7, 11) is 0. The first-order valence-corrected chi connectivity index (χ1v) is 9.94. The van der Waals surface area contributed by atoms with Crippen LogP contribution in [0.3, 0.4) is 0 Å². The van der Waals surface area contributed by atoms with E-state index >= 15 is 0 Å². The van der Waals surface area contributed by atoms with Crippen LogP contribution in [0.5, 0.6) is 5.75 Å². The van der Waals surface area contributed by atoms with Gasteiger partial charge in [-0.1, -0.05) is 46.5 Å². The molecule has 0 aliphatic rings. The molecule has 0 radical (unpaired) electrons. The Kier molecular flexibility index (Phi) is 11.8. The lowest BCUT2D eigenvalue weighted by Gasteiger charge is -2.20. The molecule has 0 spiro atoms. The van der Waals surface area contributed by atoms with E-state index in [1.807, 2.05) is 24.3 Å². The second-order valence-corrected chi connectivity index (χ2v) is 6.61. The van der Waals surface area contributed by atoms with Crippen LogP contribution in [-0.2, 0) is 4.79 Å². The van der Waals surface area contributed by atoms with Crippen molar-refractivity contribution in [1.82, 2.24) is 4.90 Å². The first kappa shape index (κ1) is 21.5. The number of nitrogens with zero attached hydrogens (tertiary/aromatic N) is 1. The zero-order valence-corrected chi connectivity index (χ0v) is 16.4. The lowest BCUT2D eigenvalue weighted by atomic mass is 10.2. The van der Waals surface area contributed by atoms with E-state index in [2.05, 4.69) is 31.0 Å². The van der Waals surface area contributed by atoms with Gasteiger partial charge in [0, 0.05) is 5.69 Å². The Morgan fingerprint density at radius 2 is 1.56 bits per heavy atom. The van der Waals surface area contributed by atoms with Crippen molar-refractivity contribution in [1.29, 1.82) is 0 Å². The number of unbranched alkanes of at least 4 members (excludes halogenated alkanes) is 4. The highest BCUT2D eigenvalue weighted by molar-refractivity contribution is 5.92. The van der Waals surface area contributed by atoms with Crippen LogP contribution in [0.4, 0.5) is 5.69 Å². The van der Waals surface area contributed by atoms with Crippen LogP contribution < -0.4 is 10.1 Å². The summed E-state index contributed by atoms with van der Waals surface area (Å²) >= 11 is 0. The molecule has 0 fully saturated rings. The molecule has 0 unspecified atom stereocenters. The molecule has 1 amide bonds. The van der Waals surface area contributed by atoms with Crippen molar-refractivity contribution in [3.63, 3.8) is 0 Å². The molecule has 4 nitrogen and oxygen atoms in total. The van der Waals surface area contributed by atoms with Crippen LogP contribution in [-0.4, -0.2) is 37.0 Å². The molecule has 0 atom stereocenters. The molecule has 0 bridgehead atoms. The zero-order chi connectivity index (χ0) is 18.3. The molecule has 1 N–H and O–H groups in total. The Morgan fingerprint density at radius 3 is 2.16 bits per heavy atom. The summed E-state index contributed by atoms with van der Waals surface area (Å²) in [5.74, 6) is 0.915. The van der Waals surface area contributed by atoms with E-state index in [1.165, 1.54) is 25.7 Å². The van der Waals surface area contributed by atoms with Gasteiger partial charge in [0.25, 0.3) is 0 Å². The molecule has 4 heteroatoms. The molecule has 142 valence electrons. The zero-order valence-electron chi connectivity index (χ0n) is 16.4. The van der Waals surface area contributed by atoms with Crippen LogP contribution in [0.1, 0.15) is 65.7 Å². The van der Waals surface area contributed by atoms with Gasteiger partial charge >= 0.3 is 0 Å². The van der Waals surface area contributed by atoms with Crippen molar-refractivity contribution in [2.45, 2.75) is 65.7 Å². The van der Waals surface area contributed by atoms with Gasteiger partial charge in [-0.3, -0.25) is 9.69 Å². The van der Waals surface area contributed by atoms with Crippen LogP contribution >= 0.6 is 0 Å². The number of hydrogen-bond acceptors (Lipinski definition) is 3. The Morgan fingerprint density at radius 1 is 0.920 bits per heavy atom. The Hall–Kier alpha value is -1.55. The Balaban J connectivity index is 2.31. The third-order valence-corrected chi connectivity index (χ3v) is 4.10. The third-order valence-electron chi connectivity index (χ3n) is 4.10. The highest BCUT2D eigenvalue weighted by atomic mass is 16.5. The molecule has 25 heavy (non-hydrogen) atoms. The molecule has 0 aromatic heterocycles. The SMILES string of the molecule is CCCCCCCOc1ccc(NC(=O)CN(CCC)CCC)cc1. The summed E-state index contributed by atoms with van der Waals surface area (Å²) in [5, 5.41) is 2.97. The summed E-state index contributed by atoms with van der Waals surface area (Å²) in [6.45, 7) is 9.66. The molecule has 1 aromatic rings. The monoisotopic (exact) mass is 348 g/mol. The van der Waals surface area contributed by atoms with Crippen molar-refractivity contribution >= 4 is 11.6 Å². The van der Waals surface area contributed by atoms with Gasteiger partial charge in [0.1, 0.15) is 5.75 Å². The number of rotatable bonds is 14. The fourth-order valence-electron chi connectivity index (χ4n) is 2.84. The maximum Gasteiger partial charge on any atom is 0.238 e. The number of carbonyl (C=O) groups excluding carboxylic acids is 1. The van der Waals surface area contributed by atoms with Crippen LogP contribution in [0, 0.1) is 0 Å². The molecular weight excluding hydrogens is 312 g/mol. The number of carbonyl (C=O) groups is 1. The van der Waals surface area contributed by atoms with Crippen molar-refractivity contribution in [2.75, 3.05) is 31.6 Å². The largest absolute Gasteiger partial charge is 0.494 e. The fourth-order valence-corrected chi connectivity index (χ4v) is 2.84. The molecular formula is C21H36N2O2. The summed E-state index contributed by atoms with van der Waals surface area (Å²) in [6, 6.07) is 7.68. The number of anilines is 1. The minimum absolute atomic E-state index is 0.0477. The molecule has 0 saturated heterocycles. The van der Waals surface area contributed by atoms with Gasteiger partial charge in [-0.25, -0.2) is 0 Å². The topological polar surface area (TPSA) is 41.6 Å². The quantitative estimate of drug-likeness (QED) is 0.476. The highest BCUT2D eigenvalue weighted by Crippen LogP contribution is 2.16. The fraction of sp³-hybridized carbons (Fsp3) is 0.667. The second-order valence-electron chi connectivity index (χ2n) is 6.61. The molecule has 0 aliphatic heterocycles. The third kappa shape index (κ3) is 10.1. The van der Waals surface area contributed by atoms with Crippen molar-refractivity contribution < 1.29 is 9.53 Å². The average molecular weight is 349 g/mol. The minimum atomic E-state index is 0.0477. The standard InChI is InChI=1S/C21H36N2O2/c1-4-7-8-9-10-17-25-20-13-11-19(12-14-20)22-21(24)18-23(15-5-2)16-6-3/h11-14H,4-10,15-18H2,1-3H3,(H,22,24). The van der Waals surface area contributed by atoms with Gasteiger partial charge in [-0.2, -0.15) is 0 Å². The van der Waals surface area contributed by atoms with Crippen molar-refractivity contribution in [2.24, 2.45) is 0 Å². The van der Waals surface area contributed by atoms with Gasteiger partial charge in [0.15, 0.2) is 0 Å². The van der Waals surface area contributed by atoms with Crippen molar-refractivity contribution in [3.8, 4) is 5.75 Å². The molecule has 0 heterocycles. The maximum absolute atomic E-state index is 12.2. The molecule has 1 rings (SSSR count). The van der Waals surface area contributed by atoms with Crippen LogP contribution in [0.2, 0.25) is 0 Å². The smallest absolute Gasteiger partial charge is 0.238 e. The lowest BCUT2D eigenvalue weighted by molar-refractivity contribution is -0.117. The Labute approximate surface area is 153 Å². The normalized spacial score (nSPS) is 10.9. The number of amides is 1. The maximum atomic E-state index is 12.2.